The highest BCUT2D eigenvalue weighted by Crippen LogP contribution is 2.24. The van der Waals surface area contributed by atoms with Crippen LogP contribution in [0.3, 0.4) is 0 Å². The summed E-state index contributed by atoms with van der Waals surface area (Å²) in [6.07, 6.45) is 4.00. The van der Waals surface area contributed by atoms with Gasteiger partial charge in [0.2, 0.25) is 0 Å². The summed E-state index contributed by atoms with van der Waals surface area (Å²) in [5.41, 5.74) is 0. The van der Waals surface area contributed by atoms with Gasteiger partial charge in [0.05, 0.1) is 0 Å². The van der Waals surface area contributed by atoms with Gasteiger partial charge in [0.15, 0.2) is 0 Å². The number of nitrogens with one attached hydrogen (secondary N) is 2. The quantitative estimate of drug-likeness (QED) is 0.722. The second kappa shape index (κ2) is 4.84. The fraction of sp³-hybridized carbons (Fsp3) is 0.909. The molecule has 2 N–H and O–H groups in total. The summed E-state index contributed by atoms with van der Waals surface area (Å²) in [7, 11) is 0. The predicted octanol–water partition coefficient (Wildman–Crippen LogP) is 0.790. The van der Waals surface area contributed by atoms with Crippen LogP contribution in [0.15, 0.2) is 0 Å². The number of carbonyl (C=O) groups excluding carboxylic acids is 1. The van der Waals surface area contributed by atoms with Gasteiger partial charge in [-0.1, -0.05) is 13.3 Å². The Hall–Kier alpha value is -0.770. The Morgan fingerprint density at radius 3 is 3.00 bits per heavy atom. The van der Waals surface area contributed by atoms with Crippen molar-refractivity contribution in [3.63, 3.8) is 0 Å². The first-order valence-electron chi connectivity index (χ1n) is 6.03. The summed E-state index contributed by atoms with van der Waals surface area (Å²) in [5, 5.41) is 6.37. The maximum Gasteiger partial charge on any atom is 0.317 e. The minimum atomic E-state index is 0.0938. The lowest BCUT2D eigenvalue weighted by Crippen LogP contribution is -2.39. The first kappa shape index (κ1) is 10.7. The molecule has 2 unspecified atom stereocenters. The van der Waals surface area contributed by atoms with Gasteiger partial charge in [-0.25, -0.2) is 4.79 Å². The zero-order valence-electron chi connectivity index (χ0n) is 9.46. The van der Waals surface area contributed by atoms with E-state index < -0.39 is 0 Å². The van der Waals surface area contributed by atoms with Crippen LogP contribution in [0.1, 0.15) is 26.2 Å². The van der Waals surface area contributed by atoms with Crippen LogP contribution in [0.2, 0.25) is 0 Å². The van der Waals surface area contributed by atoms with E-state index in [-0.39, 0.29) is 6.03 Å². The Morgan fingerprint density at radius 2 is 2.40 bits per heavy atom. The van der Waals surface area contributed by atoms with Gasteiger partial charge in [0.1, 0.15) is 0 Å². The third-order valence-electron chi connectivity index (χ3n) is 3.59. The van der Waals surface area contributed by atoms with Gasteiger partial charge in [-0.05, 0) is 18.8 Å². The Labute approximate surface area is 91.4 Å². The minimum Gasteiger partial charge on any atom is -0.336 e. The second-order valence-electron chi connectivity index (χ2n) is 4.69. The molecule has 0 spiro atoms. The highest BCUT2D eigenvalue weighted by Gasteiger charge is 2.23. The zero-order chi connectivity index (χ0) is 10.7. The number of amides is 2. The van der Waals surface area contributed by atoms with E-state index in [1.807, 2.05) is 4.90 Å². The summed E-state index contributed by atoms with van der Waals surface area (Å²) in [6, 6.07) is 0.770. The van der Waals surface area contributed by atoms with Crippen LogP contribution in [0.25, 0.3) is 0 Å². The molecule has 2 aliphatic rings. The van der Waals surface area contributed by atoms with Gasteiger partial charge in [-0.15, -0.1) is 0 Å². The van der Waals surface area contributed by atoms with E-state index in [1.165, 1.54) is 19.3 Å². The maximum absolute atomic E-state index is 11.3. The van der Waals surface area contributed by atoms with Gasteiger partial charge in [-0.3, -0.25) is 0 Å². The van der Waals surface area contributed by atoms with Crippen molar-refractivity contribution in [3.05, 3.63) is 0 Å². The highest BCUT2D eigenvalue weighted by atomic mass is 16.2. The number of urea groups is 1. The zero-order valence-corrected chi connectivity index (χ0v) is 9.46. The van der Waals surface area contributed by atoms with Crippen molar-refractivity contribution in [1.82, 2.24) is 15.5 Å². The van der Waals surface area contributed by atoms with Gasteiger partial charge < -0.3 is 15.5 Å². The fourth-order valence-corrected chi connectivity index (χ4v) is 2.56. The number of nitrogens with zero attached hydrogens (tertiary/aromatic N) is 1. The van der Waals surface area contributed by atoms with Crippen LogP contribution in [0.4, 0.5) is 4.79 Å². The monoisotopic (exact) mass is 211 g/mol. The van der Waals surface area contributed by atoms with E-state index in [2.05, 4.69) is 17.6 Å². The van der Waals surface area contributed by atoms with Crippen molar-refractivity contribution in [2.75, 3.05) is 26.2 Å². The van der Waals surface area contributed by atoms with Crippen molar-refractivity contribution in [1.29, 1.82) is 0 Å². The van der Waals surface area contributed by atoms with E-state index in [0.717, 1.165) is 32.1 Å². The van der Waals surface area contributed by atoms with Crippen LogP contribution < -0.4 is 10.6 Å². The van der Waals surface area contributed by atoms with Crippen molar-refractivity contribution in [3.8, 4) is 0 Å². The van der Waals surface area contributed by atoms with Crippen LogP contribution in [0.5, 0.6) is 0 Å². The molecule has 15 heavy (non-hydrogen) atoms. The smallest absolute Gasteiger partial charge is 0.317 e. The molecule has 86 valence electrons. The molecule has 2 fully saturated rings. The van der Waals surface area contributed by atoms with E-state index >= 15 is 0 Å². The van der Waals surface area contributed by atoms with E-state index in [0.29, 0.717) is 6.04 Å². The Morgan fingerprint density at radius 1 is 1.53 bits per heavy atom. The molecule has 1 aliphatic carbocycles. The topological polar surface area (TPSA) is 44.4 Å². The number of hydrogen-bond acceptors (Lipinski definition) is 2. The normalized spacial score (nSPS) is 31.0. The number of hydrogen-bond donors (Lipinski definition) is 2. The molecule has 1 saturated carbocycles. The van der Waals surface area contributed by atoms with E-state index in [9.17, 15) is 4.79 Å². The first-order valence-corrected chi connectivity index (χ1v) is 6.03. The summed E-state index contributed by atoms with van der Waals surface area (Å²) < 4.78 is 0. The lowest BCUT2D eigenvalue weighted by atomic mass is 10.1. The molecule has 2 rings (SSSR count). The van der Waals surface area contributed by atoms with Crippen LogP contribution in [-0.4, -0.2) is 43.2 Å². The Kier molecular flexibility index (Phi) is 3.46. The number of rotatable bonds is 4. The van der Waals surface area contributed by atoms with Gasteiger partial charge in [-0.2, -0.15) is 0 Å². The van der Waals surface area contributed by atoms with Crippen LogP contribution in [0, 0.1) is 5.92 Å². The van der Waals surface area contributed by atoms with E-state index in [1.54, 1.807) is 0 Å². The third kappa shape index (κ3) is 2.62. The summed E-state index contributed by atoms with van der Waals surface area (Å²) in [6.45, 7) is 5.75. The predicted molar refractivity (Wildman–Crippen MR) is 59.8 cm³/mol. The van der Waals surface area contributed by atoms with E-state index in [4.69, 9.17) is 0 Å². The molecule has 0 radical (unpaired) electrons. The molecule has 4 nitrogen and oxygen atoms in total. The maximum atomic E-state index is 11.3. The lowest BCUT2D eigenvalue weighted by Gasteiger charge is -2.20. The standard InChI is InChI=1S/C11H21N3O/c1-9-3-2-4-10(9)12-5-7-14-8-6-13-11(14)15/h9-10,12H,2-8H2,1H3,(H,13,15). The SMILES string of the molecule is CC1CCCC1NCCN1CCNC1=O. The molecular formula is C11H21N3O. The average molecular weight is 211 g/mol. The van der Waals surface area contributed by atoms with Gasteiger partial charge in [0, 0.05) is 32.2 Å². The largest absolute Gasteiger partial charge is 0.336 e. The molecule has 4 heteroatoms. The molecule has 2 amide bonds. The molecule has 0 aromatic carbocycles. The molecule has 0 aromatic rings. The minimum absolute atomic E-state index is 0.0938. The fourth-order valence-electron chi connectivity index (χ4n) is 2.56. The highest BCUT2D eigenvalue weighted by molar-refractivity contribution is 5.76. The Balaban J connectivity index is 1.64. The molecule has 1 heterocycles. The summed E-state index contributed by atoms with van der Waals surface area (Å²) >= 11 is 0. The van der Waals surface area contributed by atoms with Crippen LogP contribution in [-0.2, 0) is 0 Å². The van der Waals surface area contributed by atoms with Crippen molar-refractivity contribution < 1.29 is 4.79 Å². The number of carbonyl (C=O) groups is 1. The second-order valence-corrected chi connectivity index (χ2v) is 4.69. The third-order valence-corrected chi connectivity index (χ3v) is 3.59. The molecule has 1 saturated heterocycles. The van der Waals surface area contributed by atoms with Crippen molar-refractivity contribution >= 4 is 6.03 Å². The molecular weight excluding hydrogens is 190 g/mol. The molecule has 1 aliphatic heterocycles. The lowest BCUT2D eigenvalue weighted by molar-refractivity contribution is 0.216. The van der Waals surface area contributed by atoms with Crippen molar-refractivity contribution in [2.24, 2.45) is 5.92 Å². The van der Waals surface area contributed by atoms with Gasteiger partial charge in [0.25, 0.3) is 0 Å². The Bertz CT molecular complexity index is 232. The summed E-state index contributed by atoms with van der Waals surface area (Å²) in [4.78, 5) is 13.1. The molecule has 2 atom stereocenters. The van der Waals surface area contributed by atoms with Crippen molar-refractivity contribution in [2.45, 2.75) is 32.2 Å². The van der Waals surface area contributed by atoms with Crippen LogP contribution >= 0.6 is 0 Å². The average Bonchev–Trinajstić information content (AvgIpc) is 2.78. The molecule has 0 bridgehead atoms. The summed E-state index contributed by atoms with van der Waals surface area (Å²) in [5.74, 6) is 0.803. The van der Waals surface area contributed by atoms with Gasteiger partial charge >= 0.3 is 6.03 Å². The first-order chi connectivity index (χ1) is 7.27. The molecule has 0 aromatic heterocycles.